The molecular weight excluding hydrogens is 220 g/mol. The van der Waals surface area contributed by atoms with Gasteiger partial charge in [-0.2, -0.15) is 0 Å². The second-order valence-corrected chi connectivity index (χ2v) is 7.24. The van der Waals surface area contributed by atoms with Gasteiger partial charge in [-0.15, -0.1) is 0 Å². The fourth-order valence-electron chi connectivity index (χ4n) is 4.43. The molecule has 18 heavy (non-hydrogen) atoms. The molecule has 2 aliphatic rings. The molecule has 1 N–H and O–H groups in total. The van der Waals surface area contributed by atoms with E-state index < -0.39 is 0 Å². The van der Waals surface area contributed by atoms with Gasteiger partial charge in [0, 0.05) is 17.4 Å². The van der Waals surface area contributed by atoms with Gasteiger partial charge in [0.1, 0.15) is 0 Å². The molecule has 1 heterocycles. The van der Waals surface area contributed by atoms with Crippen molar-refractivity contribution in [3.8, 4) is 0 Å². The zero-order valence-corrected chi connectivity index (χ0v) is 12.4. The van der Waals surface area contributed by atoms with Crippen molar-refractivity contribution in [3.05, 3.63) is 23.5 Å². The Balaban J connectivity index is 1.88. The minimum absolute atomic E-state index is 0.445. The summed E-state index contributed by atoms with van der Waals surface area (Å²) < 4.78 is 2.28. The molecule has 0 amide bonds. The number of aryl methyl sites for hydroxylation is 2. The summed E-state index contributed by atoms with van der Waals surface area (Å²) in [6.07, 6.45) is 4.13. The van der Waals surface area contributed by atoms with Crippen LogP contribution >= 0.6 is 0 Å². The molecule has 0 aromatic carbocycles. The molecule has 2 aliphatic carbocycles. The summed E-state index contributed by atoms with van der Waals surface area (Å²) in [5.41, 5.74) is 7.37. The Morgan fingerprint density at radius 2 is 1.78 bits per heavy atom. The summed E-state index contributed by atoms with van der Waals surface area (Å²) in [4.78, 5) is 0. The van der Waals surface area contributed by atoms with Gasteiger partial charge >= 0.3 is 0 Å². The van der Waals surface area contributed by atoms with Crippen LogP contribution < -0.4 is 5.43 Å². The van der Waals surface area contributed by atoms with Gasteiger partial charge in [0.25, 0.3) is 0 Å². The molecule has 0 saturated heterocycles. The minimum Gasteiger partial charge on any atom is -0.322 e. The molecular formula is C16H26N2. The lowest BCUT2D eigenvalue weighted by Crippen LogP contribution is -2.43. The van der Waals surface area contributed by atoms with Crippen LogP contribution in [0.1, 0.15) is 51.4 Å². The second kappa shape index (κ2) is 3.55. The van der Waals surface area contributed by atoms with Crippen molar-refractivity contribution in [2.75, 3.05) is 5.43 Å². The monoisotopic (exact) mass is 246 g/mol. The molecule has 1 aromatic rings. The molecule has 2 fully saturated rings. The molecule has 2 saturated carbocycles. The molecule has 100 valence electrons. The molecule has 0 radical (unpaired) electrons. The molecule has 3 rings (SSSR count). The van der Waals surface area contributed by atoms with E-state index in [-0.39, 0.29) is 0 Å². The van der Waals surface area contributed by atoms with E-state index >= 15 is 0 Å². The lowest BCUT2D eigenvalue weighted by Gasteiger charge is -2.40. The molecule has 2 bridgehead atoms. The number of nitrogens with one attached hydrogen (secondary N) is 1. The highest BCUT2D eigenvalue weighted by Gasteiger charge is 2.61. The van der Waals surface area contributed by atoms with E-state index in [9.17, 15) is 0 Å². The number of rotatable bonds is 2. The summed E-state index contributed by atoms with van der Waals surface area (Å²) in [7, 11) is 0. The van der Waals surface area contributed by atoms with E-state index in [1.165, 1.54) is 30.7 Å². The van der Waals surface area contributed by atoms with Crippen LogP contribution in [0.2, 0.25) is 0 Å². The molecule has 0 aliphatic heterocycles. The first-order valence-corrected chi connectivity index (χ1v) is 7.28. The van der Waals surface area contributed by atoms with Crippen molar-refractivity contribution in [3.63, 3.8) is 0 Å². The zero-order chi connectivity index (χ0) is 13.1. The summed E-state index contributed by atoms with van der Waals surface area (Å²) >= 11 is 0. The van der Waals surface area contributed by atoms with Crippen LogP contribution in [-0.4, -0.2) is 10.7 Å². The van der Waals surface area contributed by atoms with Crippen LogP contribution in [0.4, 0.5) is 0 Å². The average Bonchev–Trinajstić information content (AvgIpc) is 2.79. The number of aromatic nitrogens is 1. The summed E-state index contributed by atoms with van der Waals surface area (Å²) in [6, 6.07) is 5.02. The van der Waals surface area contributed by atoms with Crippen LogP contribution in [0.3, 0.4) is 0 Å². The quantitative estimate of drug-likeness (QED) is 0.838. The normalized spacial score (nSPS) is 37.2. The predicted octanol–water partition coefficient (Wildman–Crippen LogP) is 3.86. The molecule has 3 atom stereocenters. The van der Waals surface area contributed by atoms with Crippen LogP contribution in [0.15, 0.2) is 12.1 Å². The number of hydrogen-bond acceptors (Lipinski definition) is 1. The average molecular weight is 246 g/mol. The van der Waals surface area contributed by atoms with Gasteiger partial charge in [0.15, 0.2) is 0 Å². The Morgan fingerprint density at radius 3 is 2.22 bits per heavy atom. The molecule has 2 nitrogen and oxygen atoms in total. The third kappa shape index (κ3) is 1.35. The van der Waals surface area contributed by atoms with Gasteiger partial charge in [-0.05, 0) is 62.0 Å². The largest absolute Gasteiger partial charge is 0.322 e. The molecule has 2 heteroatoms. The topological polar surface area (TPSA) is 17.0 Å². The predicted molar refractivity (Wildman–Crippen MR) is 76.3 cm³/mol. The Labute approximate surface area is 111 Å². The first-order valence-electron chi connectivity index (χ1n) is 7.28. The fourth-order valence-corrected chi connectivity index (χ4v) is 4.43. The third-order valence-corrected chi connectivity index (χ3v) is 6.35. The van der Waals surface area contributed by atoms with Crippen molar-refractivity contribution in [1.29, 1.82) is 0 Å². The van der Waals surface area contributed by atoms with Gasteiger partial charge in [0.05, 0.1) is 0 Å². The summed E-state index contributed by atoms with van der Waals surface area (Å²) in [5, 5.41) is 0. The van der Waals surface area contributed by atoms with E-state index in [1.54, 1.807) is 0 Å². The maximum Gasteiger partial charge on any atom is 0.0486 e. The van der Waals surface area contributed by atoms with Gasteiger partial charge < -0.3 is 5.43 Å². The maximum atomic E-state index is 3.80. The van der Waals surface area contributed by atoms with E-state index in [2.05, 4.69) is 56.9 Å². The van der Waals surface area contributed by atoms with Crippen LogP contribution in [-0.2, 0) is 0 Å². The lowest BCUT2D eigenvalue weighted by molar-refractivity contribution is 0.138. The summed E-state index contributed by atoms with van der Waals surface area (Å²) in [6.45, 7) is 11.8. The minimum atomic E-state index is 0.445. The van der Waals surface area contributed by atoms with E-state index in [0.717, 1.165) is 5.92 Å². The lowest BCUT2D eigenvalue weighted by atomic mass is 9.69. The van der Waals surface area contributed by atoms with Crippen molar-refractivity contribution in [2.24, 2.45) is 16.7 Å². The van der Waals surface area contributed by atoms with Gasteiger partial charge in [-0.3, -0.25) is 4.68 Å². The Kier molecular flexibility index (Phi) is 2.39. The Hall–Kier alpha value is -0.920. The highest BCUT2D eigenvalue weighted by atomic mass is 15.4. The van der Waals surface area contributed by atoms with Crippen molar-refractivity contribution in [1.82, 2.24) is 4.68 Å². The number of nitrogens with zero attached hydrogens (tertiary/aromatic N) is 1. The van der Waals surface area contributed by atoms with Crippen molar-refractivity contribution in [2.45, 2.75) is 59.9 Å². The van der Waals surface area contributed by atoms with E-state index in [1.807, 2.05) is 0 Å². The molecule has 1 aromatic heterocycles. The van der Waals surface area contributed by atoms with E-state index in [0.29, 0.717) is 16.9 Å². The highest BCUT2D eigenvalue weighted by molar-refractivity contribution is 5.21. The molecule has 0 spiro atoms. The highest BCUT2D eigenvalue weighted by Crippen LogP contribution is 2.65. The first-order chi connectivity index (χ1) is 8.36. The molecule has 3 unspecified atom stereocenters. The maximum absolute atomic E-state index is 3.80. The van der Waals surface area contributed by atoms with E-state index in [4.69, 9.17) is 0 Å². The van der Waals surface area contributed by atoms with Crippen LogP contribution in [0, 0.1) is 30.6 Å². The SMILES string of the molecule is Cc1ccc(C)n1NC1CC2CCC1(C)C2(C)C. The van der Waals surface area contributed by atoms with Gasteiger partial charge in [0.2, 0.25) is 0 Å². The van der Waals surface area contributed by atoms with Crippen molar-refractivity contribution >= 4 is 0 Å². The van der Waals surface area contributed by atoms with Gasteiger partial charge in [-0.25, -0.2) is 0 Å². The fraction of sp³-hybridized carbons (Fsp3) is 0.750. The number of fused-ring (bicyclic) bond motifs is 2. The summed E-state index contributed by atoms with van der Waals surface area (Å²) in [5.74, 6) is 0.899. The standard InChI is InChI=1S/C16H26N2/c1-11-6-7-12(2)18(11)17-14-10-13-8-9-16(14,5)15(13,3)4/h6-7,13-14,17H,8-10H2,1-5H3. The van der Waals surface area contributed by atoms with Crippen LogP contribution in [0.25, 0.3) is 0 Å². The Bertz CT molecular complexity index is 452. The van der Waals surface area contributed by atoms with Crippen molar-refractivity contribution < 1.29 is 0 Å². The number of hydrogen-bond donors (Lipinski definition) is 1. The first kappa shape index (κ1) is 12.1. The third-order valence-electron chi connectivity index (χ3n) is 6.35. The smallest absolute Gasteiger partial charge is 0.0486 e. The Morgan fingerprint density at radius 1 is 1.17 bits per heavy atom. The zero-order valence-electron chi connectivity index (χ0n) is 12.4. The van der Waals surface area contributed by atoms with Crippen LogP contribution in [0.5, 0.6) is 0 Å². The second-order valence-electron chi connectivity index (χ2n) is 7.24. The van der Waals surface area contributed by atoms with Gasteiger partial charge in [-0.1, -0.05) is 20.8 Å².